The largest absolute Gasteiger partial charge is 0.497 e. The monoisotopic (exact) mass is 1130 g/mol. The Morgan fingerprint density at radius 2 is 1.48 bits per heavy atom. The fourth-order valence-electron chi connectivity index (χ4n) is 8.91. The number of benzene rings is 3. The van der Waals surface area contributed by atoms with Gasteiger partial charge in [-0.2, -0.15) is 5.10 Å². The Balaban J connectivity index is 0.850. The maximum Gasteiger partial charge on any atom is 0.415 e. The number of carbonyl (C=O) groups is 7. The second kappa shape index (κ2) is 27.4. The van der Waals surface area contributed by atoms with Crippen molar-refractivity contribution in [3.63, 3.8) is 0 Å². The molecular formula is C56H66ClN7O16. The third-order valence-corrected chi connectivity index (χ3v) is 13.8. The predicted octanol–water partition coefficient (Wildman–Crippen LogP) is 5.97. The molecule has 2 aliphatic rings. The van der Waals surface area contributed by atoms with Crippen molar-refractivity contribution in [1.82, 2.24) is 25.1 Å². The van der Waals surface area contributed by atoms with Gasteiger partial charge in [-0.05, 0) is 87.4 Å². The number of methoxy groups -OCH3 is 2. The number of anilines is 1. The van der Waals surface area contributed by atoms with Crippen LogP contribution in [-0.4, -0.2) is 186 Å². The fourth-order valence-corrected chi connectivity index (χ4v) is 9.17. The van der Waals surface area contributed by atoms with Crippen molar-refractivity contribution in [2.45, 2.75) is 45.6 Å². The van der Waals surface area contributed by atoms with E-state index in [1.165, 1.54) is 38.3 Å². The maximum absolute atomic E-state index is 14.3. The number of carbonyl (C=O) groups excluding carboxylic acids is 7. The van der Waals surface area contributed by atoms with Crippen molar-refractivity contribution in [1.29, 1.82) is 0 Å². The van der Waals surface area contributed by atoms with Gasteiger partial charge < -0.3 is 57.5 Å². The Kier molecular flexibility index (Phi) is 20.5. The average Bonchev–Trinajstić information content (AvgIpc) is 4.25. The number of H-pyrrole nitrogens is 1. The summed E-state index contributed by atoms with van der Waals surface area (Å²) in [6, 6.07) is 15.5. The molecule has 2 aliphatic heterocycles. The summed E-state index contributed by atoms with van der Waals surface area (Å²) in [5, 5.41) is 9.38. The number of hydrazone groups is 1. The molecule has 24 heteroatoms. The number of amides is 6. The van der Waals surface area contributed by atoms with Crippen molar-refractivity contribution in [2.75, 3.05) is 118 Å². The summed E-state index contributed by atoms with van der Waals surface area (Å²) in [6.07, 6.45) is 1.62. The highest BCUT2D eigenvalue weighted by Gasteiger charge is 2.42. The first-order chi connectivity index (χ1) is 38.4. The average molecular weight is 1130 g/mol. The summed E-state index contributed by atoms with van der Waals surface area (Å²) in [5.41, 5.74) is 2.04. The first-order valence-electron chi connectivity index (χ1n) is 25.7. The molecule has 2 aromatic heterocycles. The molecule has 428 valence electrons. The minimum atomic E-state index is -1.50. The first kappa shape index (κ1) is 59.8. The number of ether oxygens (including phenoxy) is 8. The van der Waals surface area contributed by atoms with Crippen LogP contribution in [0.25, 0.3) is 21.9 Å². The van der Waals surface area contributed by atoms with E-state index in [0.29, 0.717) is 114 Å². The zero-order valence-corrected chi connectivity index (χ0v) is 46.7. The van der Waals surface area contributed by atoms with Crippen LogP contribution in [0.1, 0.15) is 70.8 Å². The summed E-state index contributed by atoms with van der Waals surface area (Å²) >= 11 is 6.57. The third-order valence-electron chi connectivity index (χ3n) is 13.4. The normalized spacial score (nSPS) is 14.3. The van der Waals surface area contributed by atoms with E-state index in [0.717, 1.165) is 14.8 Å². The Morgan fingerprint density at radius 3 is 2.10 bits per heavy atom. The summed E-state index contributed by atoms with van der Waals surface area (Å²) < 4.78 is 50.5. The van der Waals surface area contributed by atoms with Gasteiger partial charge in [0.2, 0.25) is 5.91 Å². The van der Waals surface area contributed by atoms with Crippen LogP contribution in [0.4, 0.5) is 10.5 Å². The van der Waals surface area contributed by atoms with Crippen LogP contribution >= 0.6 is 11.6 Å². The highest BCUT2D eigenvalue weighted by Crippen LogP contribution is 2.48. The number of fused-ring (bicyclic) bond motifs is 4. The highest BCUT2D eigenvalue weighted by atomic mass is 35.5. The number of aromatic amines is 1. The van der Waals surface area contributed by atoms with Gasteiger partial charge in [-0.3, -0.25) is 33.8 Å². The van der Waals surface area contributed by atoms with Gasteiger partial charge in [-0.25, -0.2) is 14.6 Å². The maximum atomic E-state index is 14.3. The molecule has 0 saturated carbocycles. The Hall–Kier alpha value is -7.83. The SMILES string of the molecule is COC(=O)c1c(C)[nH]c2c(OC(=O)N(C)C(C)(C)C(=O)N(C)N=C(C)c3ccc(OCCOCCOCCOCCOCCC(=O)NCCN4C(=O)C=CC4=O)cc3)cc3c(c12)[C@H](CCl)CN3C(=O)c1cc2cc(OC)ccc2o1. The van der Waals surface area contributed by atoms with Gasteiger partial charge in [0.25, 0.3) is 23.6 Å². The summed E-state index contributed by atoms with van der Waals surface area (Å²) in [6.45, 7) is 9.87. The quantitative estimate of drug-likeness (QED) is 0.0146. The number of nitrogens with zero attached hydrogens (tertiary/aromatic N) is 5. The van der Waals surface area contributed by atoms with Crippen molar-refractivity contribution in [3.05, 3.63) is 94.9 Å². The zero-order valence-electron chi connectivity index (χ0n) is 46.0. The molecule has 0 unspecified atom stereocenters. The van der Waals surface area contributed by atoms with Gasteiger partial charge in [-0.15, -0.1) is 11.6 Å². The van der Waals surface area contributed by atoms with Crippen molar-refractivity contribution in [3.8, 4) is 17.2 Å². The molecule has 3 aromatic carbocycles. The molecule has 1 atom stereocenters. The number of furan rings is 1. The molecule has 7 rings (SSSR count). The lowest BCUT2D eigenvalue weighted by atomic mass is 9.95. The van der Waals surface area contributed by atoms with E-state index in [2.05, 4.69) is 15.4 Å². The molecule has 23 nitrogen and oxygen atoms in total. The van der Waals surface area contributed by atoms with Crippen LogP contribution in [0.2, 0.25) is 0 Å². The van der Waals surface area contributed by atoms with E-state index < -0.39 is 47.1 Å². The van der Waals surface area contributed by atoms with Crippen LogP contribution in [0, 0.1) is 6.92 Å². The lowest BCUT2D eigenvalue weighted by molar-refractivity contribution is -0.139. The van der Waals surface area contributed by atoms with E-state index in [4.69, 9.17) is 53.9 Å². The number of hydrogen-bond donors (Lipinski definition) is 2. The third kappa shape index (κ3) is 14.1. The lowest BCUT2D eigenvalue weighted by Gasteiger charge is -2.35. The van der Waals surface area contributed by atoms with Gasteiger partial charge in [0.1, 0.15) is 29.2 Å². The van der Waals surface area contributed by atoms with E-state index in [-0.39, 0.29) is 61.5 Å². The fraction of sp³-hybridized carbons (Fsp3) is 0.429. The topological polar surface area (TPSA) is 260 Å². The Labute approximate surface area is 466 Å². The molecular weight excluding hydrogens is 1060 g/mol. The van der Waals surface area contributed by atoms with Crippen molar-refractivity contribution in [2.24, 2.45) is 5.10 Å². The molecule has 80 heavy (non-hydrogen) atoms. The number of alkyl halides is 1. The Morgan fingerprint density at radius 1 is 0.850 bits per heavy atom. The van der Waals surface area contributed by atoms with Gasteiger partial charge >= 0.3 is 12.1 Å². The van der Waals surface area contributed by atoms with E-state index in [9.17, 15) is 33.6 Å². The number of likely N-dealkylation sites (N-methyl/N-ethyl adjacent to an activating group) is 2. The van der Waals surface area contributed by atoms with Gasteiger partial charge in [0, 0.05) is 86.6 Å². The predicted molar refractivity (Wildman–Crippen MR) is 294 cm³/mol. The van der Waals surface area contributed by atoms with Crippen LogP contribution in [0.5, 0.6) is 17.2 Å². The standard InChI is InChI=1S/C56H66ClN7O16/c1-34(36-9-11-39(12-10-36)78-28-27-77-26-25-76-24-23-75-22-21-74-20-17-45(65)58-18-19-63-46(66)15-16-47(63)67)60-62(6)54(70)56(3,4)61(5)55(71)80-43-31-41-49(50-48(53(69)73-8)35(2)59-51(43)50)38(32-57)33-64(41)52(68)44-30-37-29-40(72-7)13-14-42(37)79-44/h9-16,29-31,38,59H,17-28,32-33H2,1-8H3,(H,58,65)/t38-/m1/s1. The van der Waals surface area contributed by atoms with E-state index >= 15 is 0 Å². The van der Waals surface area contributed by atoms with Crippen molar-refractivity contribution >= 4 is 86.5 Å². The van der Waals surface area contributed by atoms with Gasteiger partial charge in [-0.1, -0.05) is 0 Å². The van der Waals surface area contributed by atoms with Crippen molar-refractivity contribution < 1.29 is 75.9 Å². The summed E-state index contributed by atoms with van der Waals surface area (Å²) in [5.74, 6) is -1.84. The molecule has 2 N–H and O–H groups in total. The number of rotatable bonds is 28. The van der Waals surface area contributed by atoms with E-state index in [1.54, 1.807) is 89.4 Å². The van der Waals surface area contributed by atoms with Gasteiger partial charge in [0.05, 0.1) is 89.6 Å². The minimum absolute atomic E-state index is 0.0172. The Bertz CT molecular complexity index is 3130. The number of nitrogens with one attached hydrogen (secondary N) is 2. The lowest BCUT2D eigenvalue weighted by Crippen LogP contribution is -2.55. The first-order valence-corrected chi connectivity index (χ1v) is 26.3. The minimum Gasteiger partial charge on any atom is -0.497 e. The molecule has 0 fully saturated rings. The zero-order chi connectivity index (χ0) is 57.7. The van der Waals surface area contributed by atoms with Crippen LogP contribution in [0.3, 0.4) is 0 Å². The number of aryl methyl sites for hydroxylation is 1. The van der Waals surface area contributed by atoms with Gasteiger partial charge in [0.15, 0.2) is 11.5 Å². The molecule has 0 aliphatic carbocycles. The second-order valence-corrected chi connectivity index (χ2v) is 19.3. The van der Waals surface area contributed by atoms with Crippen LogP contribution < -0.4 is 24.4 Å². The molecule has 0 radical (unpaired) electrons. The molecule has 0 bridgehead atoms. The number of halogens is 1. The molecule has 0 spiro atoms. The van der Waals surface area contributed by atoms with Crippen LogP contribution in [-0.2, 0) is 42.9 Å². The highest BCUT2D eigenvalue weighted by molar-refractivity contribution is 6.20. The summed E-state index contributed by atoms with van der Waals surface area (Å²) in [4.78, 5) is 97.9. The number of esters is 1. The molecule has 0 saturated heterocycles. The molecule has 4 heterocycles. The van der Waals surface area contributed by atoms with Crippen LogP contribution in [0.15, 0.2) is 76.3 Å². The summed E-state index contributed by atoms with van der Waals surface area (Å²) in [7, 11) is 5.71. The number of hydrogen-bond acceptors (Lipinski definition) is 17. The molecule has 6 amide bonds. The number of aromatic nitrogens is 1. The molecule has 5 aromatic rings. The van der Waals surface area contributed by atoms with E-state index in [1.807, 2.05) is 0 Å². The second-order valence-electron chi connectivity index (χ2n) is 19.0. The number of imide groups is 1. The smallest absolute Gasteiger partial charge is 0.415 e.